The number of nitrogens with one attached hydrogen (secondary N) is 2. The Labute approximate surface area is 189 Å². The maximum atomic E-state index is 13.1. The molecule has 2 unspecified atom stereocenters. The lowest BCUT2D eigenvalue weighted by Gasteiger charge is -2.29. The van der Waals surface area contributed by atoms with Gasteiger partial charge in [0.15, 0.2) is 0 Å². The summed E-state index contributed by atoms with van der Waals surface area (Å²) in [5.41, 5.74) is 2.05. The first-order valence-electron chi connectivity index (χ1n) is 11.2. The lowest BCUT2D eigenvalue weighted by Crippen LogP contribution is -2.43. The highest BCUT2D eigenvalue weighted by Crippen LogP contribution is 2.29. The van der Waals surface area contributed by atoms with E-state index in [2.05, 4.69) is 17.6 Å². The molecule has 0 aliphatic carbocycles. The lowest BCUT2D eigenvalue weighted by atomic mass is 9.93. The van der Waals surface area contributed by atoms with Gasteiger partial charge in [-0.05, 0) is 57.2 Å². The molecule has 2 N–H and O–H groups in total. The second kappa shape index (κ2) is 10.1. The molecule has 0 fully saturated rings. The minimum absolute atomic E-state index is 0.264. The van der Waals surface area contributed by atoms with Gasteiger partial charge in [-0.3, -0.25) is 25.0 Å². The van der Waals surface area contributed by atoms with Crippen LogP contribution in [0.1, 0.15) is 84.8 Å². The van der Waals surface area contributed by atoms with Gasteiger partial charge in [0, 0.05) is 6.04 Å². The van der Waals surface area contributed by atoms with E-state index in [0.29, 0.717) is 30.4 Å². The number of hydrogen-bond acceptors (Lipinski definition) is 5. The molecule has 0 radical (unpaired) electrons. The van der Waals surface area contributed by atoms with E-state index in [0.717, 1.165) is 17.5 Å². The second-order valence-electron chi connectivity index (χ2n) is 9.17. The van der Waals surface area contributed by atoms with Crippen molar-refractivity contribution < 1.29 is 19.1 Å². The quantitative estimate of drug-likeness (QED) is 0.451. The van der Waals surface area contributed by atoms with E-state index < -0.39 is 11.6 Å². The van der Waals surface area contributed by atoms with Crippen LogP contribution in [0, 0.1) is 0 Å². The number of benzene rings is 2. The highest BCUT2D eigenvalue weighted by Gasteiger charge is 2.33. The van der Waals surface area contributed by atoms with Crippen molar-refractivity contribution in [1.29, 1.82) is 0 Å². The van der Waals surface area contributed by atoms with Crippen LogP contribution < -0.4 is 10.6 Å². The Kier molecular flexibility index (Phi) is 7.46. The Bertz CT molecular complexity index is 979. The van der Waals surface area contributed by atoms with E-state index in [1.807, 2.05) is 57.2 Å². The first-order chi connectivity index (χ1) is 15.2. The molecule has 0 saturated heterocycles. The molecule has 0 saturated carbocycles. The summed E-state index contributed by atoms with van der Waals surface area (Å²) in [6, 6.07) is 14.5. The van der Waals surface area contributed by atoms with Gasteiger partial charge >= 0.3 is 5.97 Å². The van der Waals surface area contributed by atoms with Crippen molar-refractivity contribution in [3.8, 4) is 0 Å². The summed E-state index contributed by atoms with van der Waals surface area (Å²) in [7, 11) is 0. The van der Waals surface area contributed by atoms with E-state index >= 15 is 0 Å². The Morgan fingerprint density at radius 1 is 1.00 bits per heavy atom. The summed E-state index contributed by atoms with van der Waals surface area (Å²) in [5, 5.41) is 5.84. The van der Waals surface area contributed by atoms with Crippen molar-refractivity contribution in [2.75, 3.05) is 0 Å². The van der Waals surface area contributed by atoms with E-state index in [1.165, 1.54) is 0 Å². The Balaban J connectivity index is 1.88. The van der Waals surface area contributed by atoms with E-state index in [1.54, 1.807) is 12.1 Å². The fraction of sp³-hybridized carbons (Fsp3) is 0.423. The van der Waals surface area contributed by atoms with Gasteiger partial charge in [-0.1, -0.05) is 55.8 Å². The third-order valence-corrected chi connectivity index (χ3v) is 5.41. The normalized spacial score (nSPS) is 15.1. The predicted molar refractivity (Wildman–Crippen MR) is 123 cm³/mol. The molecule has 1 aliphatic heterocycles. The smallest absolute Gasteiger partial charge is 0.323 e. The predicted octanol–water partition coefficient (Wildman–Crippen LogP) is 4.34. The van der Waals surface area contributed by atoms with Gasteiger partial charge in [0.2, 0.25) is 0 Å². The molecule has 32 heavy (non-hydrogen) atoms. The Hall–Kier alpha value is -2.99. The van der Waals surface area contributed by atoms with Crippen molar-refractivity contribution in [2.45, 2.75) is 71.1 Å². The van der Waals surface area contributed by atoms with Crippen molar-refractivity contribution in [3.63, 3.8) is 0 Å². The number of esters is 1. The van der Waals surface area contributed by atoms with Crippen LogP contribution in [-0.2, 0) is 16.0 Å². The summed E-state index contributed by atoms with van der Waals surface area (Å²) in [4.78, 5) is 37.7. The number of ether oxygens (including phenoxy) is 1. The third kappa shape index (κ3) is 5.82. The minimum Gasteiger partial charge on any atom is -0.459 e. The summed E-state index contributed by atoms with van der Waals surface area (Å²) in [6.07, 6.45) is 2.82. The third-order valence-electron chi connectivity index (χ3n) is 5.41. The van der Waals surface area contributed by atoms with Crippen LogP contribution in [0.3, 0.4) is 0 Å². The highest BCUT2D eigenvalue weighted by molar-refractivity contribution is 6.22. The molecular formula is C26H32N2O4. The molecule has 170 valence electrons. The lowest BCUT2D eigenvalue weighted by molar-refractivity contribution is -0.158. The molecule has 1 heterocycles. The highest BCUT2D eigenvalue weighted by atomic mass is 16.6. The largest absolute Gasteiger partial charge is 0.459 e. The van der Waals surface area contributed by atoms with Crippen molar-refractivity contribution in [2.24, 2.45) is 0 Å². The van der Waals surface area contributed by atoms with Gasteiger partial charge in [-0.15, -0.1) is 0 Å². The molecule has 1 aliphatic rings. The molecule has 6 nitrogen and oxygen atoms in total. The zero-order chi connectivity index (χ0) is 23.3. The van der Waals surface area contributed by atoms with Crippen LogP contribution in [0.4, 0.5) is 0 Å². The van der Waals surface area contributed by atoms with Gasteiger partial charge in [-0.25, -0.2) is 0 Å². The zero-order valence-corrected chi connectivity index (χ0v) is 19.2. The summed E-state index contributed by atoms with van der Waals surface area (Å²) < 4.78 is 5.70. The van der Waals surface area contributed by atoms with E-state index in [4.69, 9.17) is 4.74 Å². The van der Waals surface area contributed by atoms with Crippen LogP contribution in [0.15, 0.2) is 48.5 Å². The van der Waals surface area contributed by atoms with Crippen LogP contribution in [0.2, 0.25) is 0 Å². The molecule has 2 amide bonds. The number of amides is 2. The number of carbonyl (C=O) groups is 3. The van der Waals surface area contributed by atoms with Crippen molar-refractivity contribution >= 4 is 17.8 Å². The molecular weight excluding hydrogens is 404 g/mol. The summed E-state index contributed by atoms with van der Waals surface area (Å²) in [6.45, 7) is 7.60. The molecule has 2 atom stereocenters. The van der Waals surface area contributed by atoms with Crippen LogP contribution >= 0.6 is 0 Å². The zero-order valence-electron chi connectivity index (χ0n) is 19.2. The molecule has 0 bridgehead atoms. The maximum absolute atomic E-state index is 13.1. The number of imide groups is 1. The van der Waals surface area contributed by atoms with E-state index in [-0.39, 0.29) is 23.8 Å². The molecule has 3 rings (SSSR count). The van der Waals surface area contributed by atoms with E-state index in [9.17, 15) is 14.4 Å². The summed E-state index contributed by atoms with van der Waals surface area (Å²) >= 11 is 0. The van der Waals surface area contributed by atoms with Crippen molar-refractivity contribution in [3.05, 3.63) is 70.8 Å². The fourth-order valence-corrected chi connectivity index (χ4v) is 3.99. The topological polar surface area (TPSA) is 84.5 Å². The van der Waals surface area contributed by atoms with Gasteiger partial charge in [0.25, 0.3) is 11.8 Å². The van der Waals surface area contributed by atoms with Crippen LogP contribution in [0.25, 0.3) is 0 Å². The Morgan fingerprint density at radius 3 is 2.38 bits per heavy atom. The second-order valence-corrected chi connectivity index (χ2v) is 9.17. The maximum Gasteiger partial charge on any atom is 0.323 e. The fourth-order valence-electron chi connectivity index (χ4n) is 3.99. The van der Waals surface area contributed by atoms with Crippen molar-refractivity contribution in [1.82, 2.24) is 10.6 Å². The SMILES string of the molecule is CCCC(NC(CCc1ccccc1)C(=O)OC(C)(C)C)c1cccc2c1C(=O)NC2=O. The van der Waals surface area contributed by atoms with Gasteiger partial charge in [-0.2, -0.15) is 0 Å². The van der Waals surface area contributed by atoms with Gasteiger partial charge < -0.3 is 4.74 Å². The first-order valence-corrected chi connectivity index (χ1v) is 11.2. The molecule has 2 aromatic rings. The number of hydrogen-bond donors (Lipinski definition) is 2. The Morgan fingerprint density at radius 2 is 1.72 bits per heavy atom. The molecule has 6 heteroatoms. The number of carbonyl (C=O) groups excluding carboxylic acids is 3. The standard InChI is InChI=1S/C26H32N2O4/c1-5-10-20(18-13-9-14-19-22(18)24(30)28-23(19)29)27-21(25(31)32-26(2,3)4)16-15-17-11-7-6-8-12-17/h6-9,11-14,20-21,27H,5,10,15-16H2,1-4H3,(H,28,29,30). The van der Waals surface area contributed by atoms with Crippen LogP contribution in [0.5, 0.6) is 0 Å². The number of aryl methyl sites for hydroxylation is 1. The molecule has 0 aromatic heterocycles. The van der Waals surface area contributed by atoms with Crippen LogP contribution in [-0.4, -0.2) is 29.4 Å². The number of fused-ring (bicyclic) bond motifs is 1. The average molecular weight is 437 g/mol. The minimum atomic E-state index is -0.607. The average Bonchev–Trinajstić information content (AvgIpc) is 3.03. The first kappa shape index (κ1) is 23.7. The summed E-state index contributed by atoms with van der Waals surface area (Å²) in [5.74, 6) is -1.08. The molecule has 0 spiro atoms. The van der Waals surface area contributed by atoms with Gasteiger partial charge in [0.05, 0.1) is 11.1 Å². The monoisotopic (exact) mass is 436 g/mol. The van der Waals surface area contributed by atoms with Gasteiger partial charge in [0.1, 0.15) is 11.6 Å². The molecule has 2 aromatic carbocycles. The number of rotatable bonds is 9.